The highest BCUT2D eigenvalue weighted by molar-refractivity contribution is 5.83. The molecule has 0 aliphatic heterocycles. The van der Waals surface area contributed by atoms with Crippen LogP contribution in [0.5, 0.6) is 0 Å². The number of hydrogen-bond acceptors (Lipinski definition) is 5. The van der Waals surface area contributed by atoms with Crippen molar-refractivity contribution in [3.8, 4) is 0 Å². The Morgan fingerprint density at radius 1 is 0.681 bits per heavy atom. The Morgan fingerprint density at radius 2 is 1.26 bits per heavy atom. The van der Waals surface area contributed by atoms with E-state index in [1.54, 1.807) is 0 Å². The summed E-state index contributed by atoms with van der Waals surface area (Å²) in [6.45, 7) is 4.75. The first-order valence-electron chi connectivity index (χ1n) is 18.3. The molecule has 47 heavy (non-hydrogen) atoms. The molecule has 2 atom stereocenters. The molecule has 0 fully saturated rings. The van der Waals surface area contributed by atoms with Crippen LogP contribution in [0.25, 0.3) is 0 Å². The lowest BCUT2D eigenvalue weighted by molar-refractivity contribution is -0.146. The fourth-order valence-electron chi connectivity index (χ4n) is 4.79. The van der Waals surface area contributed by atoms with Gasteiger partial charge in [-0.05, 0) is 89.7 Å². The maximum absolute atomic E-state index is 12.6. The zero-order valence-corrected chi connectivity index (χ0v) is 29.6. The molecule has 2 unspecified atom stereocenters. The maximum atomic E-state index is 12.6. The number of nitrogens with two attached hydrogens (primary N) is 1. The third kappa shape index (κ3) is 31.2. The smallest absolute Gasteiger partial charge is 0.326 e. The average Bonchev–Trinajstić information content (AvgIpc) is 3.05. The van der Waals surface area contributed by atoms with Crippen LogP contribution in [0.15, 0.2) is 72.9 Å². The highest BCUT2D eigenvalue weighted by atomic mass is 16.5. The summed E-state index contributed by atoms with van der Waals surface area (Å²) in [6, 6.07) is -0.880. The summed E-state index contributed by atoms with van der Waals surface area (Å²) in [5, 5.41) is 11.9. The summed E-state index contributed by atoms with van der Waals surface area (Å²) in [7, 11) is 0. The molecule has 7 nitrogen and oxygen atoms in total. The topological polar surface area (TPSA) is 119 Å². The molecule has 0 radical (unpaired) electrons. The number of rotatable bonds is 31. The van der Waals surface area contributed by atoms with Crippen LogP contribution in [0, 0.1) is 0 Å². The summed E-state index contributed by atoms with van der Waals surface area (Å²) in [4.78, 5) is 36.1. The van der Waals surface area contributed by atoms with Crippen molar-refractivity contribution in [1.29, 1.82) is 0 Å². The highest BCUT2D eigenvalue weighted by Gasteiger charge is 2.18. The summed E-state index contributed by atoms with van der Waals surface area (Å²) >= 11 is 0. The zero-order chi connectivity index (χ0) is 34.6. The second-order valence-corrected chi connectivity index (χ2v) is 11.9. The van der Waals surface area contributed by atoms with E-state index in [0.29, 0.717) is 32.2 Å². The largest absolute Gasteiger partial charge is 0.480 e. The molecule has 4 N–H and O–H groups in total. The molecule has 0 heterocycles. The van der Waals surface area contributed by atoms with Gasteiger partial charge in [-0.25, -0.2) is 4.79 Å². The van der Waals surface area contributed by atoms with Crippen molar-refractivity contribution in [1.82, 2.24) is 5.32 Å². The average molecular weight is 655 g/mol. The molecule has 1 amide bonds. The Morgan fingerprint density at radius 3 is 1.85 bits per heavy atom. The van der Waals surface area contributed by atoms with Crippen molar-refractivity contribution >= 4 is 17.8 Å². The third-order valence-electron chi connectivity index (χ3n) is 7.52. The van der Waals surface area contributed by atoms with Crippen LogP contribution >= 0.6 is 0 Å². The van der Waals surface area contributed by atoms with Crippen molar-refractivity contribution in [3.05, 3.63) is 72.9 Å². The Balaban J connectivity index is 4.48. The van der Waals surface area contributed by atoms with Crippen molar-refractivity contribution < 1.29 is 24.2 Å². The van der Waals surface area contributed by atoms with Gasteiger partial charge in [-0.1, -0.05) is 119 Å². The number of carbonyl (C=O) groups is 3. The lowest BCUT2D eigenvalue weighted by Crippen LogP contribution is -2.40. The van der Waals surface area contributed by atoms with Crippen LogP contribution in [0.2, 0.25) is 0 Å². The van der Waals surface area contributed by atoms with E-state index >= 15 is 0 Å². The molecule has 266 valence electrons. The SMILES string of the molecule is CC/C=C\C/C=C\C/C=C\C/C=C\C/C=C\CC(=O)OC(/C=C\CCCCCCC)CCCCCCC(=O)NC(CCCN)C(=O)O. The lowest BCUT2D eigenvalue weighted by atomic mass is 10.1. The minimum atomic E-state index is -1.03. The van der Waals surface area contributed by atoms with Crippen molar-refractivity contribution in [2.24, 2.45) is 5.73 Å². The maximum Gasteiger partial charge on any atom is 0.326 e. The van der Waals surface area contributed by atoms with Crippen LogP contribution in [0.3, 0.4) is 0 Å². The number of ether oxygens (including phenoxy) is 1. The number of unbranched alkanes of at least 4 members (excludes halogenated alkanes) is 8. The molecule has 0 saturated carbocycles. The molecule has 0 aromatic heterocycles. The van der Waals surface area contributed by atoms with E-state index in [-0.39, 0.29) is 24.4 Å². The van der Waals surface area contributed by atoms with Gasteiger partial charge in [0, 0.05) is 6.42 Å². The van der Waals surface area contributed by atoms with E-state index in [1.165, 1.54) is 25.7 Å². The van der Waals surface area contributed by atoms with E-state index in [9.17, 15) is 19.5 Å². The van der Waals surface area contributed by atoms with Crippen molar-refractivity contribution in [2.75, 3.05) is 6.54 Å². The van der Waals surface area contributed by atoms with Gasteiger partial charge in [0.05, 0.1) is 6.42 Å². The van der Waals surface area contributed by atoms with Gasteiger partial charge < -0.3 is 20.9 Å². The molecule has 0 rings (SSSR count). The van der Waals surface area contributed by atoms with Crippen LogP contribution in [-0.4, -0.2) is 41.6 Å². The predicted octanol–water partition coefficient (Wildman–Crippen LogP) is 9.61. The minimum absolute atomic E-state index is 0.219. The molecule has 0 aromatic carbocycles. The summed E-state index contributed by atoms with van der Waals surface area (Å²) in [6.07, 6.45) is 42.6. The molecule has 0 saturated heterocycles. The predicted molar refractivity (Wildman–Crippen MR) is 197 cm³/mol. The first-order valence-corrected chi connectivity index (χ1v) is 18.3. The third-order valence-corrected chi connectivity index (χ3v) is 7.52. The number of allylic oxidation sites excluding steroid dienone is 10. The van der Waals surface area contributed by atoms with Gasteiger partial charge in [-0.3, -0.25) is 9.59 Å². The van der Waals surface area contributed by atoms with Gasteiger partial charge in [0.1, 0.15) is 12.1 Å². The first kappa shape index (κ1) is 43.8. The molecule has 0 spiro atoms. The minimum Gasteiger partial charge on any atom is -0.480 e. The summed E-state index contributed by atoms with van der Waals surface area (Å²) in [5.74, 6) is -1.48. The molecule has 0 aliphatic rings. The molecule has 0 aromatic rings. The van der Waals surface area contributed by atoms with Gasteiger partial charge in [-0.2, -0.15) is 0 Å². The lowest BCUT2D eigenvalue weighted by Gasteiger charge is -2.15. The van der Waals surface area contributed by atoms with Crippen LogP contribution < -0.4 is 11.1 Å². The summed E-state index contributed by atoms with van der Waals surface area (Å²) < 4.78 is 5.82. The fraction of sp³-hybridized carbons (Fsp3) is 0.625. The number of carboxylic acid groups (broad SMARTS) is 1. The fourth-order valence-corrected chi connectivity index (χ4v) is 4.79. The molecule has 0 aliphatic carbocycles. The van der Waals surface area contributed by atoms with Crippen LogP contribution in [-0.2, 0) is 19.1 Å². The second-order valence-electron chi connectivity index (χ2n) is 11.9. The molecular weight excluding hydrogens is 588 g/mol. The van der Waals surface area contributed by atoms with Crippen molar-refractivity contribution in [2.45, 2.75) is 154 Å². The van der Waals surface area contributed by atoms with E-state index < -0.39 is 12.0 Å². The van der Waals surface area contributed by atoms with E-state index in [2.05, 4.69) is 73.8 Å². The highest BCUT2D eigenvalue weighted by Crippen LogP contribution is 2.14. The second kappa shape index (κ2) is 34.2. The number of aliphatic carboxylic acids is 1. The van der Waals surface area contributed by atoms with E-state index in [1.807, 2.05) is 18.2 Å². The number of carboxylic acids is 1. The van der Waals surface area contributed by atoms with Crippen molar-refractivity contribution in [3.63, 3.8) is 0 Å². The van der Waals surface area contributed by atoms with E-state index in [4.69, 9.17) is 10.5 Å². The van der Waals surface area contributed by atoms with Crippen LogP contribution in [0.1, 0.15) is 142 Å². The molecule has 7 heteroatoms. The summed E-state index contributed by atoms with van der Waals surface area (Å²) in [5.41, 5.74) is 5.46. The molecular formula is C40H66N2O5. The van der Waals surface area contributed by atoms with Gasteiger partial charge >= 0.3 is 11.9 Å². The molecule has 0 bridgehead atoms. The number of carbonyl (C=O) groups excluding carboxylic acids is 2. The Kier molecular flexibility index (Phi) is 31.8. The zero-order valence-electron chi connectivity index (χ0n) is 29.6. The quantitative estimate of drug-likeness (QED) is 0.0389. The first-order chi connectivity index (χ1) is 22.9. The monoisotopic (exact) mass is 654 g/mol. The van der Waals surface area contributed by atoms with Gasteiger partial charge in [0.15, 0.2) is 0 Å². The standard InChI is InChI=1S/C40H66N2O5/c1-3-5-7-9-11-12-13-14-15-16-17-18-20-22-28-34-39(44)47-36(30-25-21-19-10-8-6-4-2)31-26-23-24-27-33-38(43)42-37(40(45)46)32-29-35-41/h5,7,11-12,14-15,17-18,22,25,28,30,36-37H,3-4,6,8-10,13,16,19-21,23-24,26-27,29,31-35,41H2,1-2H3,(H,42,43)(H,45,46)/b7-5-,12-11-,15-14-,18-17-,28-22-,30-25-. The van der Waals surface area contributed by atoms with Gasteiger partial charge in [-0.15, -0.1) is 0 Å². The normalized spacial score (nSPS) is 13.6. The van der Waals surface area contributed by atoms with Gasteiger partial charge in [0.25, 0.3) is 0 Å². The Hall–Kier alpha value is -3.19. The number of amides is 1. The number of hydrogen-bond donors (Lipinski definition) is 3. The van der Waals surface area contributed by atoms with E-state index in [0.717, 1.165) is 70.6 Å². The number of nitrogens with one attached hydrogen (secondary N) is 1. The van der Waals surface area contributed by atoms with Gasteiger partial charge in [0.2, 0.25) is 5.91 Å². The number of esters is 1. The van der Waals surface area contributed by atoms with Crippen LogP contribution in [0.4, 0.5) is 0 Å². The Labute approximate surface area is 286 Å². The Bertz CT molecular complexity index is 964.